The van der Waals surface area contributed by atoms with E-state index in [4.69, 9.17) is 11.0 Å². The van der Waals surface area contributed by atoms with Gasteiger partial charge in [0, 0.05) is 18.8 Å². The van der Waals surface area contributed by atoms with E-state index in [0.717, 1.165) is 29.2 Å². The van der Waals surface area contributed by atoms with Gasteiger partial charge in [0.25, 0.3) is 0 Å². The number of nitrogens with one attached hydrogen (secondary N) is 1. The normalized spacial score (nSPS) is 10.8. The molecule has 0 radical (unpaired) electrons. The Morgan fingerprint density at radius 1 is 1.47 bits per heavy atom. The zero-order valence-corrected chi connectivity index (χ0v) is 11.3. The van der Waals surface area contributed by atoms with Gasteiger partial charge in [0.2, 0.25) is 5.95 Å². The summed E-state index contributed by atoms with van der Waals surface area (Å²) >= 11 is 0. The van der Waals surface area contributed by atoms with Crippen molar-refractivity contribution >= 4 is 22.7 Å². The minimum Gasteiger partial charge on any atom is -0.399 e. The van der Waals surface area contributed by atoms with Crippen LogP contribution in [0.2, 0.25) is 0 Å². The van der Waals surface area contributed by atoms with Gasteiger partial charge in [0.05, 0.1) is 23.5 Å². The Labute approximate surface area is 113 Å². The summed E-state index contributed by atoms with van der Waals surface area (Å²) in [6.07, 6.45) is 0.492. The van der Waals surface area contributed by atoms with Gasteiger partial charge in [-0.15, -0.1) is 0 Å². The maximum Gasteiger partial charge on any atom is 0.203 e. The molecule has 2 rings (SSSR count). The highest BCUT2D eigenvalue weighted by Crippen LogP contribution is 2.20. The third-order valence-electron chi connectivity index (χ3n) is 2.87. The molecule has 0 saturated carbocycles. The highest BCUT2D eigenvalue weighted by atomic mass is 15.3. The van der Waals surface area contributed by atoms with E-state index in [-0.39, 0.29) is 0 Å². The molecule has 0 spiro atoms. The Kier molecular flexibility index (Phi) is 3.91. The second-order valence-corrected chi connectivity index (χ2v) is 5.08. The fraction of sp³-hybridized carbons (Fsp3) is 0.429. The van der Waals surface area contributed by atoms with Crippen LogP contribution in [0.1, 0.15) is 20.3 Å². The molecule has 0 unspecified atom stereocenters. The lowest BCUT2D eigenvalue weighted by molar-refractivity contribution is 0.604. The largest absolute Gasteiger partial charge is 0.399 e. The van der Waals surface area contributed by atoms with E-state index >= 15 is 0 Å². The van der Waals surface area contributed by atoms with Crippen molar-refractivity contribution in [2.45, 2.75) is 20.3 Å². The molecule has 2 aromatic rings. The Morgan fingerprint density at radius 2 is 2.26 bits per heavy atom. The number of hydrogen-bond acceptors (Lipinski definition) is 4. The van der Waals surface area contributed by atoms with Crippen molar-refractivity contribution in [2.24, 2.45) is 5.92 Å². The first kappa shape index (κ1) is 13.2. The number of aromatic nitrogens is 2. The van der Waals surface area contributed by atoms with Gasteiger partial charge >= 0.3 is 0 Å². The quantitative estimate of drug-likeness (QED) is 0.806. The predicted octanol–water partition coefficient (Wildman–Crippen LogP) is 2.52. The number of nitrogens with two attached hydrogens (primary N) is 1. The van der Waals surface area contributed by atoms with Crippen LogP contribution in [0, 0.1) is 17.2 Å². The van der Waals surface area contributed by atoms with E-state index in [0.29, 0.717) is 18.9 Å². The van der Waals surface area contributed by atoms with Crippen LogP contribution in [0.5, 0.6) is 0 Å². The number of fused-ring (bicyclic) bond motifs is 1. The molecular formula is C14H19N5. The molecular weight excluding hydrogens is 238 g/mol. The Hall–Kier alpha value is -2.22. The highest BCUT2D eigenvalue weighted by molar-refractivity contribution is 5.80. The van der Waals surface area contributed by atoms with Gasteiger partial charge < -0.3 is 15.6 Å². The van der Waals surface area contributed by atoms with E-state index in [1.807, 2.05) is 18.2 Å². The number of anilines is 2. The summed E-state index contributed by atoms with van der Waals surface area (Å²) in [5.74, 6) is 1.32. The van der Waals surface area contributed by atoms with Gasteiger partial charge in [-0.25, -0.2) is 4.98 Å². The van der Waals surface area contributed by atoms with E-state index in [9.17, 15) is 0 Å². The zero-order valence-electron chi connectivity index (χ0n) is 11.3. The minimum absolute atomic E-state index is 0.492. The van der Waals surface area contributed by atoms with Crippen LogP contribution in [-0.4, -0.2) is 23.1 Å². The van der Waals surface area contributed by atoms with Crippen molar-refractivity contribution in [1.29, 1.82) is 5.26 Å². The van der Waals surface area contributed by atoms with Crippen LogP contribution < -0.4 is 10.6 Å². The summed E-state index contributed by atoms with van der Waals surface area (Å²) in [5.41, 5.74) is 8.31. The van der Waals surface area contributed by atoms with E-state index < -0.39 is 0 Å². The topological polar surface area (TPSA) is 81.7 Å². The summed E-state index contributed by atoms with van der Waals surface area (Å²) in [7, 11) is 0. The van der Waals surface area contributed by atoms with Crippen LogP contribution in [0.25, 0.3) is 11.0 Å². The molecule has 0 bridgehead atoms. The second kappa shape index (κ2) is 5.61. The summed E-state index contributed by atoms with van der Waals surface area (Å²) < 4.78 is 0. The standard InChI is InChI=1S/C14H19N5/c1-10(2)9-19(7-3-6-15)14-17-12-5-4-11(16)8-13(12)18-14/h4-5,8,10H,3,7,9,16H2,1-2H3,(H,17,18). The van der Waals surface area contributed by atoms with Crippen molar-refractivity contribution < 1.29 is 0 Å². The number of hydrogen-bond donors (Lipinski definition) is 2. The van der Waals surface area contributed by atoms with E-state index in [1.165, 1.54) is 0 Å². The molecule has 3 N–H and O–H groups in total. The van der Waals surface area contributed by atoms with Crippen LogP contribution in [0.3, 0.4) is 0 Å². The lowest BCUT2D eigenvalue weighted by Crippen LogP contribution is -2.29. The highest BCUT2D eigenvalue weighted by Gasteiger charge is 2.12. The Morgan fingerprint density at radius 3 is 2.95 bits per heavy atom. The molecule has 5 heteroatoms. The molecule has 0 aliphatic carbocycles. The van der Waals surface area contributed by atoms with E-state index in [2.05, 4.69) is 34.8 Å². The van der Waals surface area contributed by atoms with Gasteiger partial charge in [0.15, 0.2) is 0 Å². The van der Waals surface area contributed by atoms with Crippen molar-refractivity contribution in [3.8, 4) is 6.07 Å². The lowest BCUT2D eigenvalue weighted by Gasteiger charge is -2.22. The van der Waals surface area contributed by atoms with Crippen molar-refractivity contribution in [1.82, 2.24) is 9.97 Å². The van der Waals surface area contributed by atoms with Crippen molar-refractivity contribution in [3.63, 3.8) is 0 Å². The Balaban J connectivity index is 2.29. The first-order valence-corrected chi connectivity index (χ1v) is 6.47. The van der Waals surface area contributed by atoms with Gasteiger partial charge in [-0.1, -0.05) is 13.8 Å². The molecule has 5 nitrogen and oxygen atoms in total. The third-order valence-corrected chi connectivity index (χ3v) is 2.87. The summed E-state index contributed by atoms with van der Waals surface area (Å²) in [6.45, 7) is 5.86. The zero-order chi connectivity index (χ0) is 13.8. The number of imidazole rings is 1. The fourth-order valence-corrected chi connectivity index (χ4v) is 2.07. The number of rotatable bonds is 5. The van der Waals surface area contributed by atoms with Crippen molar-refractivity contribution in [2.75, 3.05) is 23.7 Å². The lowest BCUT2D eigenvalue weighted by atomic mass is 10.2. The van der Waals surface area contributed by atoms with Crippen molar-refractivity contribution in [3.05, 3.63) is 18.2 Å². The van der Waals surface area contributed by atoms with Crippen LogP contribution in [-0.2, 0) is 0 Å². The molecule has 0 aliphatic heterocycles. The molecule has 0 saturated heterocycles. The second-order valence-electron chi connectivity index (χ2n) is 5.08. The molecule has 100 valence electrons. The number of H-pyrrole nitrogens is 1. The maximum atomic E-state index is 8.75. The first-order chi connectivity index (χ1) is 9.10. The van der Waals surface area contributed by atoms with E-state index in [1.54, 1.807) is 0 Å². The Bertz CT molecular complexity index is 593. The molecule has 1 aromatic heterocycles. The maximum absolute atomic E-state index is 8.75. The van der Waals surface area contributed by atoms with Crippen LogP contribution in [0.15, 0.2) is 18.2 Å². The molecule has 0 fully saturated rings. The molecule has 0 aliphatic rings. The number of aromatic amines is 1. The monoisotopic (exact) mass is 257 g/mol. The first-order valence-electron chi connectivity index (χ1n) is 6.47. The van der Waals surface area contributed by atoms with Crippen LogP contribution >= 0.6 is 0 Å². The van der Waals surface area contributed by atoms with Crippen LogP contribution in [0.4, 0.5) is 11.6 Å². The average Bonchev–Trinajstić information content (AvgIpc) is 2.76. The fourth-order valence-electron chi connectivity index (χ4n) is 2.07. The third kappa shape index (κ3) is 3.16. The number of nitriles is 1. The van der Waals surface area contributed by atoms with Gasteiger partial charge in [-0.2, -0.15) is 5.26 Å². The number of benzene rings is 1. The minimum atomic E-state index is 0.492. The summed E-state index contributed by atoms with van der Waals surface area (Å²) in [5, 5.41) is 8.75. The summed E-state index contributed by atoms with van der Waals surface area (Å²) in [6, 6.07) is 7.81. The van der Waals surface area contributed by atoms with Gasteiger partial charge in [0.1, 0.15) is 0 Å². The smallest absolute Gasteiger partial charge is 0.203 e. The van der Waals surface area contributed by atoms with Gasteiger partial charge in [-0.05, 0) is 24.1 Å². The van der Waals surface area contributed by atoms with Gasteiger partial charge in [-0.3, -0.25) is 0 Å². The molecule has 19 heavy (non-hydrogen) atoms. The number of nitrogen functional groups attached to an aromatic ring is 1. The predicted molar refractivity (Wildman–Crippen MR) is 77.8 cm³/mol. The molecule has 0 amide bonds. The molecule has 1 heterocycles. The summed E-state index contributed by atoms with van der Waals surface area (Å²) in [4.78, 5) is 9.96. The number of nitrogens with zero attached hydrogens (tertiary/aromatic N) is 3. The molecule has 1 aromatic carbocycles. The molecule has 0 atom stereocenters. The average molecular weight is 257 g/mol. The SMILES string of the molecule is CC(C)CN(CCC#N)c1nc2ccc(N)cc2[nH]1.